The lowest BCUT2D eigenvalue weighted by Crippen LogP contribution is -2.27. The number of hydrogen-bond acceptors (Lipinski definition) is 5. The molecule has 2 aromatic rings. The van der Waals surface area contributed by atoms with Crippen molar-refractivity contribution in [3.63, 3.8) is 0 Å². The number of imide groups is 1. The van der Waals surface area contributed by atoms with Crippen LogP contribution in [0.2, 0.25) is 5.02 Å². The van der Waals surface area contributed by atoms with Gasteiger partial charge in [-0.15, -0.1) is 0 Å². The van der Waals surface area contributed by atoms with E-state index in [4.69, 9.17) is 21.1 Å². The number of hydrogen-bond donors (Lipinski definition) is 0. The van der Waals surface area contributed by atoms with E-state index < -0.39 is 0 Å². The molecule has 134 valence electrons. The summed E-state index contributed by atoms with van der Waals surface area (Å²) >= 11 is 6.78. The molecule has 1 heterocycles. The molecule has 2 aromatic carbocycles. The number of rotatable bonds is 5. The second-order valence-corrected chi connectivity index (χ2v) is 6.93. The van der Waals surface area contributed by atoms with Crippen LogP contribution in [-0.2, 0) is 11.3 Å². The Morgan fingerprint density at radius 3 is 2.46 bits per heavy atom. The van der Waals surface area contributed by atoms with Crippen LogP contribution in [0, 0.1) is 0 Å². The minimum absolute atomic E-state index is 0.203. The standard InChI is InChI=1S/C19H16ClNO4S/c1-24-15-7-8-16(25-2)13(9-15)10-17-18(22)21(19(23)26-17)11-12-3-5-14(20)6-4-12/h3-10H,11H2,1-2H3/b17-10-. The Labute approximate surface area is 160 Å². The van der Waals surface area contributed by atoms with Crippen molar-refractivity contribution in [3.8, 4) is 11.5 Å². The molecule has 7 heteroatoms. The van der Waals surface area contributed by atoms with Gasteiger partial charge in [-0.3, -0.25) is 14.5 Å². The van der Waals surface area contributed by atoms with Gasteiger partial charge in [-0.1, -0.05) is 23.7 Å². The Kier molecular flexibility index (Phi) is 5.54. The summed E-state index contributed by atoms with van der Waals surface area (Å²) in [5, 5.41) is 0.297. The number of carbonyl (C=O) groups excluding carboxylic acids is 2. The van der Waals surface area contributed by atoms with Crippen molar-refractivity contribution >= 4 is 40.6 Å². The average Bonchev–Trinajstić information content (AvgIpc) is 2.90. The summed E-state index contributed by atoms with van der Waals surface area (Å²) in [7, 11) is 3.11. The molecule has 3 rings (SSSR count). The molecule has 0 N–H and O–H groups in total. The van der Waals surface area contributed by atoms with Crippen LogP contribution in [0.5, 0.6) is 11.5 Å². The Morgan fingerprint density at radius 1 is 1.08 bits per heavy atom. The van der Waals surface area contributed by atoms with Crippen molar-refractivity contribution in [2.45, 2.75) is 6.54 Å². The van der Waals surface area contributed by atoms with E-state index in [1.54, 1.807) is 62.8 Å². The number of halogens is 1. The molecule has 1 fully saturated rings. The highest BCUT2D eigenvalue weighted by Gasteiger charge is 2.35. The largest absolute Gasteiger partial charge is 0.497 e. The summed E-state index contributed by atoms with van der Waals surface area (Å²) in [5.41, 5.74) is 1.50. The number of nitrogens with zero attached hydrogens (tertiary/aromatic N) is 1. The third-order valence-corrected chi connectivity index (χ3v) is 5.01. The molecule has 1 saturated heterocycles. The summed E-state index contributed by atoms with van der Waals surface area (Å²) in [5.74, 6) is 0.896. The first-order valence-electron chi connectivity index (χ1n) is 7.73. The lowest BCUT2D eigenvalue weighted by atomic mass is 10.1. The fraction of sp³-hybridized carbons (Fsp3) is 0.158. The SMILES string of the molecule is COc1ccc(OC)c(/C=C2\SC(=O)N(Cc3ccc(Cl)cc3)C2=O)c1. The van der Waals surface area contributed by atoms with Gasteiger partial charge in [-0.05, 0) is 53.7 Å². The molecular formula is C19H16ClNO4S. The number of thioether (sulfide) groups is 1. The summed E-state index contributed by atoms with van der Waals surface area (Å²) in [6, 6.07) is 12.3. The van der Waals surface area contributed by atoms with Crippen LogP contribution in [0.15, 0.2) is 47.4 Å². The fourth-order valence-electron chi connectivity index (χ4n) is 2.50. The first-order chi connectivity index (χ1) is 12.5. The van der Waals surface area contributed by atoms with Gasteiger partial charge in [0.25, 0.3) is 11.1 Å². The van der Waals surface area contributed by atoms with E-state index in [1.165, 1.54) is 4.90 Å². The van der Waals surface area contributed by atoms with Gasteiger partial charge in [0.15, 0.2) is 0 Å². The lowest BCUT2D eigenvalue weighted by Gasteiger charge is -2.12. The molecule has 26 heavy (non-hydrogen) atoms. The molecule has 0 bridgehead atoms. The van der Waals surface area contributed by atoms with Crippen molar-refractivity contribution in [3.05, 3.63) is 63.5 Å². The van der Waals surface area contributed by atoms with Crippen molar-refractivity contribution in [1.82, 2.24) is 4.90 Å². The van der Waals surface area contributed by atoms with Crippen molar-refractivity contribution in [1.29, 1.82) is 0 Å². The van der Waals surface area contributed by atoms with E-state index in [2.05, 4.69) is 0 Å². The predicted octanol–water partition coefficient (Wildman–Crippen LogP) is 4.59. The Balaban J connectivity index is 1.86. The molecule has 1 aliphatic heterocycles. The predicted molar refractivity (Wildman–Crippen MR) is 103 cm³/mol. The van der Waals surface area contributed by atoms with E-state index in [1.807, 2.05) is 0 Å². The molecule has 2 amide bonds. The molecule has 0 atom stereocenters. The first kappa shape index (κ1) is 18.4. The molecule has 0 unspecified atom stereocenters. The van der Waals surface area contributed by atoms with Gasteiger partial charge < -0.3 is 9.47 Å². The normalized spacial score (nSPS) is 15.7. The maximum absolute atomic E-state index is 12.7. The molecule has 0 spiro atoms. The zero-order chi connectivity index (χ0) is 18.7. The quantitative estimate of drug-likeness (QED) is 0.700. The highest BCUT2D eigenvalue weighted by Crippen LogP contribution is 2.35. The summed E-state index contributed by atoms with van der Waals surface area (Å²) in [6.45, 7) is 0.203. The summed E-state index contributed by atoms with van der Waals surface area (Å²) in [4.78, 5) is 26.5. The summed E-state index contributed by atoms with van der Waals surface area (Å²) < 4.78 is 10.5. The highest BCUT2D eigenvalue weighted by molar-refractivity contribution is 8.18. The number of amides is 2. The Morgan fingerprint density at radius 2 is 1.81 bits per heavy atom. The molecule has 5 nitrogen and oxygen atoms in total. The number of methoxy groups -OCH3 is 2. The van der Waals surface area contributed by atoms with E-state index in [-0.39, 0.29) is 17.7 Å². The van der Waals surface area contributed by atoms with Gasteiger partial charge >= 0.3 is 0 Å². The minimum atomic E-state index is -0.333. The molecular weight excluding hydrogens is 374 g/mol. The van der Waals surface area contributed by atoms with E-state index >= 15 is 0 Å². The molecule has 0 aromatic heterocycles. The average molecular weight is 390 g/mol. The van der Waals surface area contributed by atoms with E-state index in [0.29, 0.717) is 27.0 Å². The third-order valence-electron chi connectivity index (χ3n) is 3.85. The smallest absolute Gasteiger partial charge is 0.293 e. The van der Waals surface area contributed by atoms with Crippen molar-refractivity contribution in [2.24, 2.45) is 0 Å². The van der Waals surface area contributed by atoms with Gasteiger partial charge in [0.05, 0.1) is 25.7 Å². The number of benzene rings is 2. The van der Waals surface area contributed by atoms with Gasteiger partial charge in [0.2, 0.25) is 0 Å². The van der Waals surface area contributed by atoms with Gasteiger partial charge in [0.1, 0.15) is 11.5 Å². The van der Waals surface area contributed by atoms with Gasteiger partial charge in [-0.2, -0.15) is 0 Å². The van der Waals surface area contributed by atoms with Crippen molar-refractivity contribution < 1.29 is 19.1 Å². The molecule has 0 aliphatic carbocycles. The van der Waals surface area contributed by atoms with E-state index in [9.17, 15) is 9.59 Å². The highest BCUT2D eigenvalue weighted by atomic mass is 35.5. The zero-order valence-corrected chi connectivity index (χ0v) is 15.8. The topological polar surface area (TPSA) is 55.8 Å². The Bertz CT molecular complexity index is 880. The second kappa shape index (κ2) is 7.85. The van der Waals surface area contributed by atoms with Gasteiger partial charge in [-0.25, -0.2) is 0 Å². The Hall–Kier alpha value is -2.44. The van der Waals surface area contributed by atoms with Crippen LogP contribution in [0.25, 0.3) is 6.08 Å². The minimum Gasteiger partial charge on any atom is -0.497 e. The summed E-state index contributed by atoms with van der Waals surface area (Å²) in [6.07, 6.45) is 1.65. The first-order valence-corrected chi connectivity index (χ1v) is 8.93. The van der Waals surface area contributed by atoms with Crippen LogP contribution in [0.4, 0.5) is 4.79 Å². The number of carbonyl (C=O) groups is 2. The fourth-order valence-corrected chi connectivity index (χ4v) is 3.46. The van der Waals surface area contributed by atoms with Crippen LogP contribution in [-0.4, -0.2) is 30.3 Å². The maximum atomic E-state index is 12.7. The van der Waals surface area contributed by atoms with Gasteiger partial charge in [0, 0.05) is 10.6 Å². The second-order valence-electron chi connectivity index (χ2n) is 5.50. The zero-order valence-electron chi connectivity index (χ0n) is 14.2. The number of ether oxygens (including phenoxy) is 2. The van der Waals surface area contributed by atoms with Crippen LogP contribution < -0.4 is 9.47 Å². The van der Waals surface area contributed by atoms with E-state index in [0.717, 1.165) is 17.3 Å². The van der Waals surface area contributed by atoms with Crippen LogP contribution in [0.3, 0.4) is 0 Å². The molecule has 1 aliphatic rings. The van der Waals surface area contributed by atoms with Crippen LogP contribution in [0.1, 0.15) is 11.1 Å². The molecule has 0 saturated carbocycles. The monoisotopic (exact) mass is 389 g/mol. The van der Waals surface area contributed by atoms with Crippen molar-refractivity contribution in [2.75, 3.05) is 14.2 Å². The van der Waals surface area contributed by atoms with Crippen LogP contribution >= 0.6 is 23.4 Å². The molecule has 0 radical (unpaired) electrons. The lowest BCUT2D eigenvalue weighted by molar-refractivity contribution is -0.123. The third kappa shape index (κ3) is 3.86. The maximum Gasteiger partial charge on any atom is 0.293 e.